The first-order valence-electron chi connectivity index (χ1n) is 5.69. The molecule has 0 saturated carbocycles. The molecule has 2 rings (SSSR count). The number of pyridine rings is 1. The van der Waals surface area contributed by atoms with Gasteiger partial charge in [-0.2, -0.15) is 0 Å². The van der Waals surface area contributed by atoms with Crippen LogP contribution in [-0.2, 0) is 11.3 Å². The lowest BCUT2D eigenvalue weighted by molar-refractivity contribution is -0.128. The molecule has 4 nitrogen and oxygen atoms in total. The summed E-state index contributed by atoms with van der Waals surface area (Å²) in [5.41, 5.74) is 1.14. The Balaban J connectivity index is 1.94. The van der Waals surface area contributed by atoms with Gasteiger partial charge in [-0.05, 0) is 24.2 Å². The van der Waals surface area contributed by atoms with Crippen LogP contribution in [0.4, 0.5) is 0 Å². The summed E-state index contributed by atoms with van der Waals surface area (Å²) >= 11 is 0. The Morgan fingerprint density at radius 3 is 2.94 bits per heavy atom. The van der Waals surface area contributed by atoms with Gasteiger partial charge in [0.05, 0.1) is 0 Å². The largest absolute Gasteiger partial charge is 0.337 e. The van der Waals surface area contributed by atoms with Crippen molar-refractivity contribution in [3.8, 4) is 0 Å². The summed E-state index contributed by atoms with van der Waals surface area (Å²) in [6.45, 7) is 4.50. The zero-order valence-corrected chi connectivity index (χ0v) is 9.52. The van der Waals surface area contributed by atoms with Crippen molar-refractivity contribution in [3.63, 3.8) is 0 Å². The Bertz CT molecular complexity index is 353. The molecule has 86 valence electrons. The predicted octanol–water partition coefficient (Wildman–Crippen LogP) is 0.792. The molecule has 1 aromatic heterocycles. The summed E-state index contributed by atoms with van der Waals surface area (Å²) in [5, 5.41) is 3.32. The van der Waals surface area contributed by atoms with E-state index in [9.17, 15) is 4.79 Å². The van der Waals surface area contributed by atoms with Crippen LogP contribution in [0.3, 0.4) is 0 Å². The van der Waals surface area contributed by atoms with Crippen LogP contribution < -0.4 is 5.32 Å². The first-order valence-corrected chi connectivity index (χ1v) is 5.69. The highest BCUT2D eigenvalue weighted by Crippen LogP contribution is 2.14. The molecule has 2 heterocycles. The molecule has 1 aliphatic rings. The lowest BCUT2D eigenvalue weighted by Crippen LogP contribution is -2.32. The molecular formula is C12H17N3O. The Morgan fingerprint density at radius 1 is 1.50 bits per heavy atom. The van der Waals surface area contributed by atoms with Crippen LogP contribution in [-0.4, -0.2) is 34.9 Å². The predicted molar refractivity (Wildman–Crippen MR) is 61.7 cm³/mol. The zero-order valence-electron chi connectivity index (χ0n) is 9.52. The van der Waals surface area contributed by atoms with E-state index in [1.165, 1.54) is 0 Å². The Hall–Kier alpha value is -1.42. The standard InChI is InChI=1S/C12H17N3O/c1-2-14-11-7-12(16)15(9-11)8-10-3-5-13-6-4-10/h3-6,11,14H,2,7-9H2,1H3. The van der Waals surface area contributed by atoms with Crippen molar-refractivity contribution in [2.75, 3.05) is 13.1 Å². The van der Waals surface area contributed by atoms with Gasteiger partial charge >= 0.3 is 0 Å². The number of rotatable bonds is 4. The fourth-order valence-electron chi connectivity index (χ4n) is 2.06. The molecule has 1 aromatic rings. The van der Waals surface area contributed by atoms with Crippen LogP contribution in [0, 0.1) is 0 Å². The second-order valence-electron chi connectivity index (χ2n) is 4.09. The van der Waals surface area contributed by atoms with Gasteiger partial charge in [0.1, 0.15) is 0 Å². The molecule has 16 heavy (non-hydrogen) atoms. The molecule has 0 bridgehead atoms. The highest BCUT2D eigenvalue weighted by molar-refractivity contribution is 5.79. The van der Waals surface area contributed by atoms with E-state index in [0.29, 0.717) is 19.0 Å². The first-order chi connectivity index (χ1) is 7.79. The van der Waals surface area contributed by atoms with Gasteiger partial charge in [0.2, 0.25) is 5.91 Å². The van der Waals surface area contributed by atoms with Crippen LogP contribution in [0.2, 0.25) is 0 Å². The third-order valence-corrected chi connectivity index (χ3v) is 2.83. The maximum Gasteiger partial charge on any atom is 0.224 e. The second-order valence-corrected chi connectivity index (χ2v) is 4.09. The monoisotopic (exact) mass is 219 g/mol. The number of likely N-dealkylation sites (tertiary alicyclic amines) is 1. The third kappa shape index (κ3) is 2.58. The van der Waals surface area contributed by atoms with Crippen molar-refractivity contribution < 1.29 is 4.79 Å². The molecule has 1 aliphatic heterocycles. The summed E-state index contributed by atoms with van der Waals surface area (Å²) in [6, 6.07) is 4.22. The fraction of sp³-hybridized carbons (Fsp3) is 0.500. The molecule has 0 radical (unpaired) electrons. The molecule has 0 spiro atoms. The van der Waals surface area contributed by atoms with Crippen LogP contribution in [0.15, 0.2) is 24.5 Å². The van der Waals surface area contributed by atoms with Crippen LogP contribution in [0.5, 0.6) is 0 Å². The lowest BCUT2D eigenvalue weighted by Gasteiger charge is -2.16. The Kier molecular flexibility index (Phi) is 3.51. The van der Waals surface area contributed by atoms with E-state index in [1.54, 1.807) is 12.4 Å². The molecule has 0 aliphatic carbocycles. The number of aromatic nitrogens is 1. The van der Waals surface area contributed by atoms with Gasteiger partial charge in [-0.3, -0.25) is 9.78 Å². The van der Waals surface area contributed by atoms with Crippen LogP contribution >= 0.6 is 0 Å². The van der Waals surface area contributed by atoms with Gasteiger partial charge in [0.15, 0.2) is 0 Å². The average Bonchev–Trinajstić information content (AvgIpc) is 2.61. The van der Waals surface area contributed by atoms with Crippen molar-refractivity contribution in [1.82, 2.24) is 15.2 Å². The highest BCUT2D eigenvalue weighted by Gasteiger charge is 2.28. The minimum atomic E-state index is 0.239. The number of nitrogens with zero attached hydrogens (tertiary/aromatic N) is 2. The molecule has 1 fully saturated rings. The summed E-state index contributed by atoms with van der Waals surface area (Å²) in [5.74, 6) is 0.239. The molecular weight excluding hydrogens is 202 g/mol. The second kappa shape index (κ2) is 5.07. The summed E-state index contributed by atoms with van der Waals surface area (Å²) in [7, 11) is 0. The van der Waals surface area contributed by atoms with Gasteiger partial charge in [0, 0.05) is 37.9 Å². The first kappa shape index (κ1) is 11.1. The summed E-state index contributed by atoms with van der Waals surface area (Å²) in [4.78, 5) is 17.6. The quantitative estimate of drug-likeness (QED) is 0.814. The Labute approximate surface area is 95.7 Å². The third-order valence-electron chi connectivity index (χ3n) is 2.83. The molecule has 1 amide bonds. The number of carbonyl (C=O) groups is 1. The average molecular weight is 219 g/mol. The Morgan fingerprint density at radius 2 is 2.25 bits per heavy atom. The van der Waals surface area contributed by atoms with Crippen molar-refractivity contribution in [3.05, 3.63) is 30.1 Å². The minimum Gasteiger partial charge on any atom is -0.337 e. The topological polar surface area (TPSA) is 45.2 Å². The number of hydrogen-bond donors (Lipinski definition) is 1. The summed E-state index contributed by atoms with van der Waals surface area (Å²) in [6.07, 6.45) is 4.15. The van der Waals surface area contributed by atoms with Crippen molar-refractivity contribution in [1.29, 1.82) is 0 Å². The van der Waals surface area contributed by atoms with E-state index in [0.717, 1.165) is 18.7 Å². The van der Waals surface area contributed by atoms with Gasteiger partial charge < -0.3 is 10.2 Å². The van der Waals surface area contributed by atoms with E-state index in [-0.39, 0.29) is 5.91 Å². The molecule has 1 saturated heterocycles. The number of carbonyl (C=O) groups excluding carboxylic acids is 1. The van der Waals surface area contributed by atoms with E-state index < -0.39 is 0 Å². The molecule has 1 N–H and O–H groups in total. The van der Waals surface area contributed by atoms with E-state index in [1.807, 2.05) is 17.0 Å². The maximum atomic E-state index is 11.7. The highest BCUT2D eigenvalue weighted by atomic mass is 16.2. The van der Waals surface area contributed by atoms with Gasteiger partial charge in [-0.15, -0.1) is 0 Å². The van der Waals surface area contributed by atoms with Crippen molar-refractivity contribution >= 4 is 5.91 Å². The van der Waals surface area contributed by atoms with Crippen molar-refractivity contribution in [2.24, 2.45) is 0 Å². The van der Waals surface area contributed by atoms with Gasteiger partial charge in [-0.25, -0.2) is 0 Å². The van der Waals surface area contributed by atoms with E-state index in [2.05, 4.69) is 17.2 Å². The number of hydrogen-bond acceptors (Lipinski definition) is 3. The number of amides is 1. The van der Waals surface area contributed by atoms with E-state index in [4.69, 9.17) is 0 Å². The number of nitrogens with one attached hydrogen (secondary N) is 1. The molecule has 0 aromatic carbocycles. The molecule has 4 heteroatoms. The van der Waals surface area contributed by atoms with Crippen LogP contribution in [0.25, 0.3) is 0 Å². The van der Waals surface area contributed by atoms with Crippen LogP contribution in [0.1, 0.15) is 18.9 Å². The normalized spacial score (nSPS) is 20.4. The zero-order chi connectivity index (χ0) is 11.4. The van der Waals surface area contributed by atoms with Gasteiger partial charge in [-0.1, -0.05) is 6.92 Å². The molecule has 1 unspecified atom stereocenters. The van der Waals surface area contributed by atoms with E-state index >= 15 is 0 Å². The fourth-order valence-corrected chi connectivity index (χ4v) is 2.06. The maximum absolute atomic E-state index is 11.7. The molecule has 1 atom stereocenters. The summed E-state index contributed by atoms with van der Waals surface area (Å²) < 4.78 is 0. The van der Waals surface area contributed by atoms with Gasteiger partial charge in [0.25, 0.3) is 0 Å². The minimum absolute atomic E-state index is 0.239. The SMILES string of the molecule is CCNC1CC(=O)N(Cc2ccncc2)C1. The smallest absolute Gasteiger partial charge is 0.224 e. The lowest BCUT2D eigenvalue weighted by atomic mass is 10.2. The number of likely N-dealkylation sites (N-methyl/N-ethyl adjacent to an activating group) is 1. The van der Waals surface area contributed by atoms with Crippen molar-refractivity contribution in [2.45, 2.75) is 25.9 Å².